The van der Waals surface area contributed by atoms with E-state index in [9.17, 15) is 5.11 Å². The van der Waals surface area contributed by atoms with Gasteiger partial charge in [0.1, 0.15) is 0 Å². The van der Waals surface area contributed by atoms with Crippen LogP contribution in [0.1, 0.15) is 82.0 Å². The van der Waals surface area contributed by atoms with Crippen molar-refractivity contribution < 1.29 is 9.84 Å². The van der Waals surface area contributed by atoms with Gasteiger partial charge < -0.3 is 9.84 Å². The highest BCUT2D eigenvalue weighted by Crippen LogP contribution is 2.34. The van der Waals surface area contributed by atoms with E-state index in [1.54, 1.807) is 7.11 Å². The number of ether oxygens (including phenoxy) is 1. The topological polar surface area (TPSA) is 47.3 Å². The Morgan fingerprint density at radius 3 is 2.62 bits per heavy atom. The zero-order chi connectivity index (χ0) is 15.4. The van der Waals surface area contributed by atoms with Gasteiger partial charge in [0, 0.05) is 18.4 Å². The number of methoxy groups -OCH3 is 1. The van der Waals surface area contributed by atoms with E-state index in [1.165, 1.54) is 18.5 Å². The maximum Gasteiger partial charge on any atom is 0.0823 e. The van der Waals surface area contributed by atoms with Crippen molar-refractivity contribution in [2.45, 2.75) is 84.0 Å². The van der Waals surface area contributed by atoms with Gasteiger partial charge in [0.05, 0.1) is 23.9 Å². The number of hydrogen-bond acceptors (Lipinski definition) is 3. The number of rotatable bonds is 6. The lowest BCUT2D eigenvalue weighted by molar-refractivity contribution is 0.0501. The van der Waals surface area contributed by atoms with Gasteiger partial charge in [0.25, 0.3) is 0 Å². The van der Waals surface area contributed by atoms with Crippen molar-refractivity contribution in [3.63, 3.8) is 0 Å². The van der Waals surface area contributed by atoms with Gasteiger partial charge in [-0.3, -0.25) is 4.68 Å². The van der Waals surface area contributed by atoms with Gasteiger partial charge in [0.15, 0.2) is 0 Å². The summed E-state index contributed by atoms with van der Waals surface area (Å²) in [6.07, 6.45) is 7.07. The fourth-order valence-electron chi connectivity index (χ4n) is 3.60. The van der Waals surface area contributed by atoms with Crippen LogP contribution in [-0.4, -0.2) is 28.1 Å². The molecule has 4 heteroatoms. The third-order valence-electron chi connectivity index (χ3n) is 4.79. The molecule has 0 amide bonds. The van der Waals surface area contributed by atoms with Crippen molar-refractivity contribution in [2.24, 2.45) is 0 Å². The maximum atomic E-state index is 10.4. The van der Waals surface area contributed by atoms with Gasteiger partial charge in [-0.1, -0.05) is 20.8 Å². The van der Waals surface area contributed by atoms with Crippen LogP contribution >= 0.6 is 0 Å². The predicted molar refractivity (Wildman–Crippen MR) is 84.5 cm³/mol. The summed E-state index contributed by atoms with van der Waals surface area (Å²) in [5.74, 6) is 0. The number of nitrogens with zero attached hydrogens (tertiary/aromatic N) is 2. The molecule has 0 radical (unpaired) electrons. The molecule has 0 saturated heterocycles. The van der Waals surface area contributed by atoms with Crippen LogP contribution in [0.5, 0.6) is 0 Å². The SMILES string of the molecule is CCc1nn(C2CCCC(OC)C2)c(CC)c1C(O)CC. The quantitative estimate of drug-likeness (QED) is 0.872. The summed E-state index contributed by atoms with van der Waals surface area (Å²) in [7, 11) is 1.81. The van der Waals surface area contributed by atoms with Crippen molar-refractivity contribution in [3.8, 4) is 0 Å². The van der Waals surface area contributed by atoms with E-state index >= 15 is 0 Å². The van der Waals surface area contributed by atoms with Crippen molar-refractivity contribution in [1.29, 1.82) is 0 Å². The molecule has 120 valence electrons. The highest BCUT2D eigenvalue weighted by Gasteiger charge is 2.28. The Morgan fingerprint density at radius 1 is 1.29 bits per heavy atom. The Hall–Kier alpha value is -0.870. The second kappa shape index (κ2) is 7.41. The molecular formula is C17H30N2O2. The molecule has 4 nitrogen and oxygen atoms in total. The summed E-state index contributed by atoms with van der Waals surface area (Å²) in [5, 5.41) is 15.2. The lowest BCUT2D eigenvalue weighted by Crippen LogP contribution is -2.26. The number of hydrogen-bond donors (Lipinski definition) is 1. The minimum Gasteiger partial charge on any atom is -0.388 e. The van der Waals surface area contributed by atoms with Gasteiger partial charge in [-0.25, -0.2) is 0 Å². The fourth-order valence-corrected chi connectivity index (χ4v) is 3.60. The fraction of sp³-hybridized carbons (Fsp3) is 0.824. The molecular weight excluding hydrogens is 264 g/mol. The van der Waals surface area contributed by atoms with E-state index in [1.807, 2.05) is 6.92 Å². The van der Waals surface area contributed by atoms with E-state index in [0.717, 1.165) is 43.4 Å². The third-order valence-corrected chi connectivity index (χ3v) is 4.79. The Morgan fingerprint density at radius 2 is 2.05 bits per heavy atom. The molecule has 3 atom stereocenters. The third kappa shape index (κ3) is 3.32. The first-order valence-electron chi connectivity index (χ1n) is 8.47. The van der Waals surface area contributed by atoms with E-state index in [0.29, 0.717) is 12.1 Å². The summed E-state index contributed by atoms with van der Waals surface area (Å²) < 4.78 is 7.76. The van der Waals surface area contributed by atoms with E-state index < -0.39 is 0 Å². The summed E-state index contributed by atoms with van der Waals surface area (Å²) in [4.78, 5) is 0. The van der Waals surface area contributed by atoms with Crippen LogP contribution in [0.4, 0.5) is 0 Å². The molecule has 0 aliphatic heterocycles. The summed E-state index contributed by atoms with van der Waals surface area (Å²) >= 11 is 0. The standard InChI is InChI=1S/C17H30N2O2/c1-5-14-17(16(20)7-3)15(6-2)19(18-14)12-9-8-10-13(11-12)21-4/h12-13,16,20H,5-11H2,1-4H3. The summed E-state index contributed by atoms with van der Waals surface area (Å²) in [6.45, 7) is 6.31. The second-order valence-electron chi connectivity index (χ2n) is 6.06. The minimum atomic E-state index is -0.384. The molecule has 1 aromatic heterocycles. The molecule has 2 rings (SSSR count). The molecule has 0 bridgehead atoms. The molecule has 1 aliphatic carbocycles. The number of aryl methyl sites for hydroxylation is 1. The number of aliphatic hydroxyl groups is 1. The highest BCUT2D eigenvalue weighted by atomic mass is 16.5. The number of aromatic nitrogens is 2. The Kier molecular flexibility index (Phi) is 5.82. The molecule has 1 fully saturated rings. The lowest BCUT2D eigenvalue weighted by atomic mass is 9.92. The lowest BCUT2D eigenvalue weighted by Gasteiger charge is -2.29. The molecule has 0 aromatic carbocycles. The Labute approximate surface area is 128 Å². The maximum absolute atomic E-state index is 10.4. The zero-order valence-corrected chi connectivity index (χ0v) is 13.9. The van der Waals surface area contributed by atoms with Crippen molar-refractivity contribution in [2.75, 3.05) is 7.11 Å². The van der Waals surface area contributed by atoms with Crippen LogP contribution < -0.4 is 0 Å². The van der Waals surface area contributed by atoms with Crippen molar-refractivity contribution >= 4 is 0 Å². The molecule has 1 aromatic rings. The average Bonchev–Trinajstić information content (AvgIpc) is 2.92. The van der Waals surface area contributed by atoms with Crippen molar-refractivity contribution in [1.82, 2.24) is 9.78 Å². The zero-order valence-electron chi connectivity index (χ0n) is 13.9. The van der Waals surface area contributed by atoms with Crippen LogP contribution in [0.25, 0.3) is 0 Å². The molecule has 1 N–H and O–H groups in total. The normalized spacial score (nSPS) is 24.2. The number of aliphatic hydroxyl groups excluding tert-OH is 1. The van der Waals surface area contributed by atoms with Gasteiger partial charge in [-0.05, 0) is 44.9 Å². The monoisotopic (exact) mass is 294 g/mol. The highest BCUT2D eigenvalue weighted by molar-refractivity contribution is 5.29. The van der Waals surface area contributed by atoms with Crippen LogP contribution in [0.15, 0.2) is 0 Å². The molecule has 1 heterocycles. The largest absolute Gasteiger partial charge is 0.388 e. The summed E-state index contributed by atoms with van der Waals surface area (Å²) in [5.41, 5.74) is 3.38. The van der Waals surface area contributed by atoms with Gasteiger partial charge in [-0.15, -0.1) is 0 Å². The Bertz CT molecular complexity index is 456. The molecule has 0 spiro atoms. The summed E-state index contributed by atoms with van der Waals surface area (Å²) in [6, 6.07) is 0.418. The van der Waals surface area contributed by atoms with Gasteiger partial charge >= 0.3 is 0 Å². The van der Waals surface area contributed by atoms with Crippen LogP contribution in [0, 0.1) is 0 Å². The van der Waals surface area contributed by atoms with Gasteiger partial charge in [0.2, 0.25) is 0 Å². The smallest absolute Gasteiger partial charge is 0.0823 e. The van der Waals surface area contributed by atoms with E-state index in [2.05, 4.69) is 18.5 Å². The molecule has 1 aliphatic rings. The second-order valence-corrected chi connectivity index (χ2v) is 6.06. The van der Waals surface area contributed by atoms with Crippen LogP contribution in [0.2, 0.25) is 0 Å². The van der Waals surface area contributed by atoms with Crippen molar-refractivity contribution in [3.05, 3.63) is 17.0 Å². The molecule has 1 saturated carbocycles. The predicted octanol–water partition coefficient (Wildman–Crippen LogP) is 3.58. The molecule has 3 unspecified atom stereocenters. The first-order chi connectivity index (χ1) is 10.2. The first kappa shape index (κ1) is 16.5. The first-order valence-corrected chi connectivity index (χ1v) is 8.47. The van der Waals surface area contributed by atoms with E-state index in [-0.39, 0.29) is 6.10 Å². The Balaban J connectivity index is 2.36. The van der Waals surface area contributed by atoms with E-state index in [4.69, 9.17) is 9.84 Å². The van der Waals surface area contributed by atoms with Crippen LogP contribution in [0.3, 0.4) is 0 Å². The van der Waals surface area contributed by atoms with Crippen LogP contribution in [-0.2, 0) is 17.6 Å². The average molecular weight is 294 g/mol. The molecule has 21 heavy (non-hydrogen) atoms. The minimum absolute atomic E-state index is 0.349. The van der Waals surface area contributed by atoms with Gasteiger partial charge in [-0.2, -0.15) is 5.10 Å².